The van der Waals surface area contributed by atoms with Crippen LogP contribution in [-0.4, -0.2) is 35.6 Å². The molecular weight excluding hydrogens is 251 g/mol. The number of carboxylic acid groups (broad SMARTS) is 1. The number of nitrogens with one attached hydrogen (secondary N) is 1. The molecule has 1 aromatic carbocycles. The van der Waals surface area contributed by atoms with Gasteiger partial charge in [0.2, 0.25) is 0 Å². The number of benzene rings is 1. The zero-order valence-corrected chi connectivity index (χ0v) is 10.9. The number of aryl methyl sites for hydroxylation is 1. The van der Waals surface area contributed by atoms with Crippen molar-refractivity contribution in [1.82, 2.24) is 4.90 Å². The molecule has 0 saturated carbocycles. The number of amides is 2. The summed E-state index contributed by atoms with van der Waals surface area (Å²) in [6.45, 7) is 2.09. The van der Waals surface area contributed by atoms with Crippen LogP contribution in [0.25, 0.3) is 0 Å². The average Bonchev–Trinajstić information content (AvgIpc) is 2.33. The fourth-order valence-electron chi connectivity index (χ4n) is 1.51. The van der Waals surface area contributed by atoms with E-state index in [0.717, 1.165) is 5.56 Å². The lowest BCUT2D eigenvalue weighted by molar-refractivity contribution is -0.137. The van der Waals surface area contributed by atoms with Crippen LogP contribution in [0.4, 0.5) is 14.9 Å². The van der Waals surface area contributed by atoms with Crippen LogP contribution in [0.3, 0.4) is 0 Å². The highest BCUT2D eigenvalue weighted by atomic mass is 19.1. The number of hydrogen-bond acceptors (Lipinski definition) is 2. The minimum Gasteiger partial charge on any atom is -0.481 e. The minimum atomic E-state index is -0.904. The Morgan fingerprint density at radius 1 is 1.42 bits per heavy atom. The van der Waals surface area contributed by atoms with E-state index in [1.807, 2.05) is 0 Å². The van der Waals surface area contributed by atoms with Crippen molar-refractivity contribution in [3.05, 3.63) is 29.6 Å². The number of urea groups is 1. The molecule has 0 saturated heterocycles. The number of aliphatic carboxylic acids is 1. The smallest absolute Gasteiger partial charge is 0.321 e. The number of carboxylic acids is 1. The Kier molecular flexibility index (Phi) is 5.29. The number of anilines is 1. The molecule has 0 radical (unpaired) electrons. The zero-order chi connectivity index (χ0) is 14.4. The first-order valence-electron chi connectivity index (χ1n) is 5.90. The summed E-state index contributed by atoms with van der Waals surface area (Å²) in [7, 11) is 1.53. The van der Waals surface area contributed by atoms with Gasteiger partial charge < -0.3 is 15.3 Å². The van der Waals surface area contributed by atoms with Gasteiger partial charge in [-0.25, -0.2) is 9.18 Å². The highest BCUT2D eigenvalue weighted by Gasteiger charge is 2.11. The monoisotopic (exact) mass is 268 g/mol. The predicted molar refractivity (Wildman–Crippen MR) is 69.7 cm³/mol. The van der Waals surface area contributed by atoms with Crippen LogP contribution in [0.1, 0.15) is 18.4 Å². The largest absolute Gasteiger partial charge is 0.481 e. The van der Waals surface area contributed by atoms with E-state index < -0.39 is 17.8 Å². The number of hydrogen-bond donors (Lipinski definition) is 2. The number of halogens is 1. The van der Waals surface area contributed by atoms with Crippen LogP contribution in [0.15, 0.2) is 18.2 Å². The Bertz CT molecular complexity index is 477. The van der Waals surface area contributed by atoms with Crippen LogP contribution in [0.2, 0.25) is 0 Å². The molecule has 19 heavy (non-hydrogen) atoms. The van der Waals surface area contributed by atoms with E-state index in [2.05, 4.69) is 5.32 Å². The van der Waals surface area contributed by atoms with E-state index in [1.54, 1.807) is 19.1 Å². The Morgan fingerprint density at radius 2 is 2.11 bits per heavy atom. The third kappa shape index (κ3) is 4.95. The van der Waals surface area contributed by atoms with E-state index in [-0.39, 0.29) is 12.1 Å². The lowest BCUT2D eigenvalue weighted by atomic mass is 10.2. The molecular formula is C13H17FN2O3. The maximum atomic E-state index is 13.4. The molecule has 1 rings (SSSR count). The van der Waals surface area contributed by atoms with Gasteiger partial charge in [-0.1, -0.05) is 6.07 Å². The molecule has 0 aliphatic carbocycles. The summed E-state index contributed by atoms with van der Waals surface area (Å²) in [5, 5.41) is 11.0. The molecule has 0 bridgehead atoms. The molecule has 0 atom stereocenters. The van der Waals surface area contributed by atoms with Gasteiger partial charge in [-0.15, -0.1) is 0 Å². The molecule has 2 N–H and O–H groups in total. The van der Waals surface area contributed by atoms with Gasteiger partial charge in [0.15, 0.2) is 0 Å². The Labute approximate surface area is 111 Å². The molecule has 0 fully saturated rings. The van der Waals surface area contributed by atoms with E-state index in [4.69, 9.17) is 5.11 Å². The molecule has 2 amide bonds. The Hall–Kier alpha value is -2.11. The van der Waals surface area contributed by atoms with Crippen molar-refractivity contribution in [2.45, 2.75) is 19.8 Å². The first-order valence-corrected chi connectivity index (χ1v) is 5.90. The van der Waals surface area contributed by atoms with Gasteiger partial charge >= 0.3 is 12.0 Å². The first-order chi connectivity index (χ1) is 8.90. The van der Waals surface area contributed by atoms with Gasteiger partial charge in [0.25, 0.3) is 0 Å². The normalized spacial score (nSPS) is 10.1. The van der Waals surface area contributed by atoms with Crippen LogP contribution in [-0.2, 0) is 4.79 Å². The van der Waals surface area contributed by atoms with Gasteiger partial charge in [-0.3, -0.25) is 4.79 Å². The van der Waals surface area contributed by atoms with Crippen molar-refractivity contribution in [3.63, 3.8) is 0 Å². The lowest BCUT2D eigenvalue weighted by Crippen LogP contribution is -2.32. The molecule has 6 heteroatoms. The molecule has 1 aromatic rings. The number of carbonyl (C=O) groups excluding carboxylic acids is 1. The van der Waals surface area contributed by atoms with E-state index in [0.29, 0.717) is 13.0 Å². The van der Waals surface area contributed by atoms with Crippen LogP contribution >= 0.6 is 0 Å². The summed E-state index contributed by atoms with van der Waals surface area (Å²) in [6, 6.07) is 3.98. The summed E-state index contributed by atoms with van der Waals surface area (Å²) in [5.41, 5.74) is 0.959. The van der Waals surface area contributed by atoms with Crippen molar-refractivity contribution in [2.24, 2.45) is 0 Å². The summed E-state index contributed by atoms with van der Waals surface area (Å²) >= 11 is 0. The molecule has 0 aliphatic rings. The van der Waals surface area contributed by atoms with E-state index >= 15 is 0 Å². The third-order valence-electron chi connectivity index (χ3n) is 2.59. The van der Waals surface area contributed by atoms with Gasteiger partial charge in [0, 0.05) is 20.0 Å². The fraction of sp³-hybridized carbons (Fsp3) is 0.385. The molecule has 0 aromatic heterocycles. The van der Waals surface area contributed by atoms with Crippen molar-refractivity contribution in [2.75, 3.05) is 18.9 Å². The van der Waals surface area contributed by atoms with Crippen molar-refractivity contribution in [1.29, 1.82) is 0 Å². The quantitative estimate of drug-likeness (QED) is 0.861. The summed E-state index contributed by atoms with van der Waals surface area (Å²) < 4.78 is 13.4. The van der Waals surface area contributed by atoms with E-state index in [9.17, 15) is 14.0 Å². The summed E-state index contributed by atoms with van der Waals surface area (Å²) in [4.78, 5) is 23.4. The maximum absolute atomic E-state index is 13.4. The third-order valence-corrected chi connectivity index (χ3v) is 2.59. The molecule has 0 heterocycles. The van der Waals surface area contributed by atoms with Crippen LogP contribution < -0.4 is 5.32 Å². The van der Waals surface area contributed by atoms with Crippen LogP contribution in [0, 0.1) is 12.7 Å². The van der Waals surface area contributed by atoms with Crippen molar-refractivity contribution >= 4 is 17.7 Å². The number of nitrogens with zero attached hydrogens (tertiary/aromatic N) is 1. The zero-order valence-electron chi connectivity index (χ0n) is 10.9. The molecule has 0 spiro atoms. The highest BCUT2D eigenvalue weighted by molar-refractivity contribution is 5.89. The van der Waals surface area contributed by atoms with Crippen molar-refractivity contribution in [3.8, 4) is 0 Å². The molecule has 0 aliphatic heterocycles. The lowest BCUT2D eigenvalue weighted by Gasteiger charge is -2.18. The SMILES string of the molecule is Cc1ccc(F)c(NC(=O)N(C)CCCC(=O)O)c1. The second kappa shape index (κ2) is 6.72. The van der Waals surface area contributed by atoms with Crippen molar-refractivity contribution < 1.29 is 19.1 Å². The van der Waals surface area contributed by atoms with Gasteiger partial charge in [-0.2, -0.15) is 0 Å². The second-order valence-electron chi connectivity index (χ2n) is 4.33. The highest BCUT2D eigenvalue weighted by Crippen LogP contribution is 2.16. The topological polar surface area (TPSA) is 69.6 Å². The molecule has 104 valence electrons. The number of carbonyl (C=O) groups is 2. The predicted octanol–water partition coefficient (Wildman–Crippen LogP) is 2.46. The van der Waals surface area contributed by atoms with E-state index in [1.165, 1.54) is 18.0 Å². The first kappa shape index (κ1) is 14.9. The van der Waals surface area contributed by atoms with Crippen LogP contribution in [0.5, 0.6) is 0 Å². The Morgan fingerprint density at radius 3 is 2.74 bits per heavy atom. The summed E-state index contributed by atoms with van der Waals surface area (Å²) in [6.07, 6.45) is 0.353. The maximum Gasteiger partial charge on any atom is 0.321 e. The fourth-order valence-corrected chi connectivity index (χ4v) is 1.51. The van der Waals surface area contributed by atoms with Gasteiger partial charge in [-0.05, 0) is 31.0 Å². The Balaban J connectivity index is 2.54. The van der Waals surface area contributed by atoms with Gasteiger partial charge in [0.1, 0.15) is 5.82 Å². The standard InChI is InChI=1S/C13H17FN2O3/c1-9-5-6-10(14)11(8-9)15-13(19)16(2)7-3-4-12(17)18/h5-6,8H,3-4,7H2,1-2H3,(H,15,19)(H,17,18). The molecule has 0 unspecified atom stereocenters. The average molecular weight is 268 g/mol. The minimum absolute atomic E-state index is 0.00355. The number of rotatable bonds is 5. The molecule has 5 nitrogen and oxygen atoms in total. The van der Waals surface area contributed by atoms with Gasteiger partial charge in [0.05, 0.1) is 5.69 Å². The summed E-state index contributed by atoms with van der Waals surface area (Å²) in [5.74, 6) is -1.41. The second-order valence-corrected chi connectivity index (χ2v) is 4.33.